The topological polar surface area (TPSA) is 57.9 Å². The fraction of sp³-hybridized carbons (Fsp3) is 0.773. The van der Waals surface area contributed by atoms with Crippen LogP contribution in [0, 0.1) is 51.8 Å². The molecule has 0 spiro atoms. The summed E-state index contributed by atoms with van der Waals surface area (Å²) in [5.41, 5.74) is 1.09. The maximum Gasteiger partial charge on any atom is 0.137 e. The second kappa shape index (κ2) is 5.53. The fourth-order valence-corrected chi connectivity index (χ4v) is 7.39. The van der Waals surface area contributed by atoms with Gasteiger partial charge in [0.2, 0.25) is 0 Å². The van der Waals surface area contributed by atoms with E-state index in [1.54, 1.807) is 6.08 Å². The Hall–Kier alpha value is -1.43. The average Bonchev–Trinajstić information content (AvgIpc) is 2.85. The van der Waals surface area contributed by atoms with Crippen LogP contribution in [-0.4, -0.2) is 11.6 Å². The van der Waals surface area contributed by atoms with E-state index in [1.807, 2.05) is 6.92 Å². The molecule has 4 fully saturated rings. The van der Waals surface area contributed by atoms with E-state index in [0.717, 1.165) is 32.1 Å². The van der Waals surface area contributed by atoms with Gasteiger partial charge >= 0.3 is 0 Å². The van der Waals surface area contributed by atoms with Crippen LogP contribution >= 0.6 is 0 Å². The molecule has 4 unspecified atom stereocenters. The lowest BCUT2D eigenvalue weighted by atomic mass is 9.44. The number of nitriles is 1. The van der Waals surface area contributed by atoms with Crippen molar-refractivity contribution in [3.63, 3.8) is 0 Å². The minimum atomic E-state index is -0.104. The lowest BCUT2D eigenvalue weighted by Crippen LogP contribution is -2.57. The van der Waals surface area contributed by atoms with Crippen LogP contribution in [0.4, 0.5) is 0 Å². The predicted octanol–water partition coefficient (Wildman–Crippen LogP) is 4.47. The van der Waals surface area contributed by atoms with Gasteiger partial charge in [-0.2, -0.15) is 5.26 Å². The zero-order valence-electron chi connectivity index (χ0n) is 15.7. The third-order valence-electron chi connectivity index (χ3n) is 8.58. The molecule has 0 radical (unpaired) electrons. The minimum absolute atomic E-state index is 0.00362. The van der Waals surface area contributed by atoms with Gasteiger partial charge in [0.1, 0.15) is 11.6 Å². The summed E-state index contributed by atoms with van der Waals surface area (Å²) in [5, 5.41) is 9.14. The van der Waals surface area contributed by atoms with Gasteiger partial charge in [-0.15, -0.1) is 0 Å². The Bertz CT molecular complexity index is 701. The van der Waals surface area contributed by atoms with Gasteiger partial charge < -0.3 is 0 Å². The van der Waals surface area contributed by atoms with Gasteiger partial charge in [-0.3, -0.25) is 9.59 Å². The number of fused-ring (bicyclic) bond motifs is 5. The highest BCUT2D eigenvalue weighted by Gasteiger charge is 2.62. The first-order chi connectivity index (χ1) is 11.8. The quantitative estimate of drug-likeness (QED) is 0.612. The van der Waals surface area contributed by atoms with Crippen LogP contribution in [0.1, 0.15) is 65.7 Å². The van der Waals surface area contributed by atoms with Crippen molar-refractivity contribution in [2.24, 2.45) is 40.4 Å². The lowest BCUT2D eigenvalue weighted by Gasteiger charge is -2.59. The lowest BCUT2D eigenvalue weighted by molar-refractivity contribution is -0.160. The highest BCUT2D eigenvalue weighted by molar-refractivity contribution is 5.86. The van der Waals surface area contributed by atoms with E-state index in [2.05, 4.69) is 19.9 Å². The molecule has 0 aromatic heterocycles. The summed E-state index contributed by atoms with van der Waals surface area (Å²) in [5.74, 6) is 2.39. The van der Waals surface area contributed by atoms with Gasteiger partial charge in [0.15, 0.2) is 0 Å². The Labute approximate surface area is 150 Å². The van der Waals surface area contributed by atoms with Crippen molar-refractivity contribution in [3.8, 4) is 6.07 Å². The van der Waals surface area contributed by atoms with Crippen molar-refractivity contribution in [1.82, 2.24) is 0 Å². The first-order valence-electron chi connectivity index (χ1n) is 9.96. The van der Waals surface area contributed by atoms with Gasteiger partial charge in [0.25, 0.3) is 0 Å². The molecule has 4 aliphatic carbocycles. The Kier molecular flexibility index (Phi) is 3.76. The molecule has 3 nitrogen and oxygen atoms in total. The molecule has 0 saturated heterocycles. The summed E-state index contributed by atoms with van der Waals surface area (Å²) in [6.07, 6.45) is 8.13. The molecule has 4 rings (SSSR count). The normalized spacial score (nSPS) is 50.8. The summed E-state index contributed by atoms with van der Waals surface area (Å²) >= 11 is 0. The minimum Gasteiger partial charge on any atom is -0.299 e. The first kappa shape index (κ1) is 17.0. The number of rotatable bonds is 0. The average molecular weight is 339 g/mol. The number of carbonyl (C=O) groups is 2. The summed E-state index contributed by atoms with van der Waals surface area (Å²) < 4.78 is 0. The number of Topliss-reactive ketones (excluding diaryl/α,β-unsaturated/α-hetero) is 2. The molecule has 7 atom stereocenters. The first-order valence-corrected chi connectivity index (χ1v) is 9.96. The van der Waals surface area contributed by atoms with Gasteiger partial charge in [0.05, 0.1) is 6.07 Å². The zero-order chi connectivity index (χ0) is 18.0. The van der Waals surface area contributed by atoms with E-state index in [0.29, 0.717) is 42.2 Å². The molecule has 25 heavy (non-hydrogen) atoms. The molecule has 0 aromatic carbocycles. The van der Waals surface area contributed by atoms with Gasteiger partial charge in [0, 0.05) is 30.8 Å². The zero-order valence-corrected chi connectivity index (χ0v) is 15.7. The molecule has 0 amide bonds. The third kappa shape index (κ3) is 2.22. The second-order valence-corrected chi connectivity index (χ2v) is 9.70. The fourth-order valence-electron chi connectivity index (χ4n) is 7.39. The van der Waals surface area contributed by atoms with Crippen molar-refractivity contribution in [1.29, 1.82) is 5.26 Å². The van der Waals surface area contributed by atoms with Gasteiger partial charge in [-0.05, 0) is 60.7 Å². The van der Waals surface area contributed by atoms with Crippen LogP contribution in [0.25, 0.3) is 0 Å². The van der Waals surface area contributed by atoms with Crippen LogP contribution in [-0.2, 0) is 9.59 Å². The smallest absolute Gasteiger partial charge is 0.137 e. The van der Waals surface area contributed by atoms with Crippen molar-refractivity contribution < 1.29 is 9.59 Å². The molecular formula is C22H29NO2. The van der Waals surface area contributed by atoms with E-state index < -0.39 is 0 Å². The van der Waals surface area contributed by atoms with E-state index in [1.165, 1.54) is 5.57 Å². The van der Waals surface area contributed by atoms with E-state index >= 15 is 0 Å². The Balaban J connectivity index is 1.72. The monoisotopic (exact) mass is 339 g/mol. The van der Waals surface area contributed by atoms with E-state index in [9.17, 15) is 9.59 Å². The van der Waals surface area contributed by atoms with E-state index in [-0.39, 0.29) is 22.7 Å². The molecule has 0 bridgehead atoms. The summed E-state index contributed by atoms with van der Waals surface area (Å²) in [6, 6.07) is 2.21. The van der Waals surface area contributed by atoms with Crippen LogP contribution in [0.15, 0.2) is 11.6 Å². The Morgan fingerprint density at radius 1 is 1.16 bits per heavy atom. The van der Waals surface area contributed by atoms with Crippen LogP contribution in [0.3, 0.4) is 0 Å². The Morgan fingerprint density at radius 3 is 2.64 bits per heavy atom. The van der Waals surface area contributed by atoms with Gasteiger partial charge in [-0.25, -0.2) is 0 Å². The molecule has 0 N–H and O–H groups in total. The molecule has 134 valence electrons. The number of ketones is 2. The van der Waals surface area contributed by atoms with Crippen LogP contribution < -0.4 is 0 Å². The molecule has 0 aromatic rings. The van der Waals surface area contributed by atoms with Crippen molar-refractivity contribution in [2.45, 2.75) is 65.7 Å². The maximum atomic E-state index is 13.4. The molecule has 0 heterocycles. The van der Waals surface area contributed by atoms with E-state index in [4.69, 9.17) is 5.26 Å². The second-order valence-electron chi connectivity index (χ2n) is 9.70. The standard InChI is InChI=1S/C22H29NO2/c1-13-11-22(3)15(10-18(13)24)4-6-16-17-7-5-14(8-9-23)21(17,2)12-19(25)20(16)22/h8,13,15-17,20H,4-7,10-12H2,1-3H3/b14-8-/t13-,15?,16-,17?,20?,21?,22-/m0/s1. The molecular weight excluding hydrogens is 310 g/mol. The largest absolute Gasteiger partial charge is 0.299 e. The molecule has 4 aliphatic rings. The number of hydrogen-bond acceptors (Lipinski definition) is 3. The SMILES string of the molecule is C[C@H]1C[C@@]2(C)C(CC[C@H]3C4CC/C(=C/C#N)C4(C)CC(=O)C32)CC1=O. The Morgan fingerprint density at radius 2 is 1.92 bits per heavy atom. The highest BCUT2D eigenvalue weighted by Crippen LogP contribution is 2.66. The van der Waals surface area contributed by atoms with Crippen molar-refractivity contribution in [2.75, 3.05) is 0 Å². The van der Waals surface area contributed by atoms with Crippen LogP contribution in [0.2, 0.25) is 0 Å². The molecule has 3 heteroatoms. The third-order valence-corrected chi connectivity index (χ3v) is 8.58. The molecule has 0 aliphatic heterocycles. The summed E-state index contributed by atoms with van der Waals surface area (Å²) in [6.45, 7) is 6.58. The highest BCUT2D eigenvalue weighted by atomic mass is 16.1. The predicted molar refractivity (Wildman–Crippen MR) is 95.4 cm³/mol. The number of carbonyl (C=O) groups excluding carboxylic acids is 2. The number of nitrogens with zero attached hydrogens (tertiary/aromatic N) is 1. The van der Waals surface area contributed by atoms with Crippen molar-refractivity contribution in [3.05, 3.63) is 11.6 Å². The summed E-state index contributed by atoms with van der Waals surface area (Å²) in [7, 11) is 0. The van der Waals surface area contributed by atoms with Crippen LogP contribution in [0.5, 0.6) is 0 Å². The maximum absolute atomic E-state index is 13.4. The van der Waals surface area contributed by atoms with Crippen molar-refractivity contribution >= 4 is 11.6 Å². The molecule has 4 saturated carbocycles. The number of hydrogen-bond donors (Lipinski definition) is 0. The number of allylic oxidation sites excluding steroid dienone is 2. The summed E-state index contributed by atoms with van der Waals surface area (Å²) in [4.78, 5) is 25.6. The van der Waals surface area contributed by atoms with Gasteiger partial charge in [-0.1, -0.05) is 26.3 Å².